The van der Waals surface area contributed by atoms with Crippen molar-refractivity contribution in [3.63, 3.8) is 0 Å². The zero-order chi connectivity index (χ0) is 13.7. The lowest BCUT2D eigenvalue weighted by molar-refractivity contribution is -0.131. The maximum atomic E-state index is 12.1. The molecule has 19 heavy (non-hydrogen) atoms. The molecule has 104 valence electrons. The van der Waals surface area contributed by atoms with E-state index in [0.717, 1.165) is 37.1 Å². The van der Waals surface area contributed by atoms with Gasteiger partial charge in [-0.15, -0.1) is 0 Å². The number of hydrogen-bond donors (Lipinski definition) is 2. The van der Waals surface area contributed by atoms with Crippen molar-refractivity contribution in [1.29, 1.82) is 0 Å². The van der Waals surface area contributed by atoms with Crippen LogP contribution in [0.4, 0.5) is 0 Å². The fourth-order valence-corrected chi connectivity index (χ4v) is 2.41. The smallest absolute Gasteiger partial charge is 0.239 e. The highest BCUT2D eigenvalue weighted by Gasteiger charge is 2.22. The lowest BCUT2D eigenvalue weighted by Crippen LogP contribution is -2.43. The van der Waals surface area contributed by atoms with Crippen LogP contribution in [0.25, 0.3) is 0 Å². The summed E-state index contributed by atoms with van der Waals surface area (Å²) in [5.41, 5.74) is 1.99. The molecule has 1 heterocycles. The summed E-state index contributed by atoms with van der Waals surface area (Å²) in [7, 11) is 0. The van der Waals surface area contributed by atoms with Gasteiger partial charge in [0.05, 0.1) is 12.6 Å². The number of aliphatic hydroxyl groups is 1. The normalized spacial score (nSPS) is 16.6. The third-order valence-electron chi connectivity index (χ3n) is 3.57. The summed E-state index contributed by atoms with van der Waals surface area (Å²) in [5, 5.41) is 12.3. The summed E-state index contributed by atoms with van der Waals surface area (Å²) in [6, 6.07) is 7.62. The number of nitrogens with zero attached hydrogens (tertiary/aromatic N) is 1. The number of benzene rings is 1. The van der Waals surface area contributed by atoms with Gasteiger partial charge in [-0.1, -0.05) is 24.3 Å². The van der Waals surface area contributed by atoms with E-state index in [-0.39, 0.29) is 18.6 Å². The Bertz CT molecular complexity index is 428. The Kier molecular flexibility index (Phi) is 4.93. The fraction of sp³-hybridized carbons (Fsp3) is 0.533. The number of carbonyl (C=O) groups is 1. The van der Waals surface area contributed by atoms with Crippen molar-refractivity contribution in [2.75, 3.05) is 13.1 Å². The van der Waals surface area contributed by atoms with Gasteiger partial charge in [0.25, 0.3) is 0 Å². The second-order valence-corrected chi connectivity index (χ2v) is 5.11. The van der Waals surface area contributed by atoms with Gasteiger partial charge in [0.1, 0.15) is 0 Å². The first kappa shape index (κ1) is 14.0. The number of aliphatic hydroxyl groups excluding tert-OH is 1. The van der Waals surface area contributed by atoms with Crippen LogP contribution in [0.15, 0.2) is 24.3 Å². The molecule has 1 aromatic rings. The van der Waals surface area contributed by atoms with Crippen molar-refractivity contribution in [2.45, 2.75) is 39.0 Å². The molecule has 4 nitrogen and oxygen atoms in total. The predicted molar refractivity (Wildman–Crippen MR) is 74.5 cm³/mol. The van der Waals surface area contributed by atoms with Gasteiger partial charge in [-0.3, -0.25) is 4.79 Å². The van der Waals surface area contributed by atoms with E-state index in [0.29, 0.717) is 6.54 Å². The van der Waals surface area contributed by atoms with Gasteiger partial charge < -0.3 is 15.3 Å². The van der Waals surface area contributed by atoms with Crippen LogP contribution < -0.4 is 5.32 Å². The summed E-state index contributed by atoms with van der Waals surface area (Å²) in [6.07, 6.45) is 2.24. The first-order chi connectivity index (χ1) is 9.20. The molecule has 2 rings (SSSR count). The molecule has 0 spiro atoms. The van der Waals surface area contributed by atoms with Gasteiger partial charge >= 0.3 is 0 Å². The van der Waals surface area contributed by atoms with Crippen molar-refractivity contribution >= 4 is 5.91 Å². The number of nitrogens with one attached hydrogen (secondary N) is 1. The minimum atomic E-state index is -0.157. The summed E-state index contributed by atoms with van der Waals surface area (Å²) < 4.78 is 0. The van der Waals surface area contributed by atoms with Crippen molar-refractivity contribution < 1.29 is 9.90 Å². The summed E-state index contributed by atoms with van der Waals surface area (Å²) in [5.74, 6) is 0.191. The number of carbonyl (C=O) groups excluding carboxylic acids is 1. The zero-order valence-corrected chi connectivity index (χ0v) is 11.4. The third kappa shape index (κ3) is 3.78. The molecule has 1 aliphatic heterocycles. The minimum Gasteiger partial charge on any atom is -0.392 e. The van der Waals surface area contributed by atoms with E-state index in [2.05, 4.69) is 5.32 Å². The molecule has 0 radical (unpaired) electrons. The first-order valence-corrected chi connectivity index (χ1v) is 6.91. The van der Waals surface area contributed by atoms with Gasteiger partial charge in [0.15, 0.2) is 0 Å². The molecule has 1 unspecified atom stereocenters. The van der Waals surface area contributed by atoms with Crippen LogP contribution in [-0.2, 0) is 17.9 Å². The summed E-state index contributed by atoms with van der Waals surface area (Å²) >= 11 is 0. The molecular weight excluding hydrogens is 240 g/mol. The molecule has 1 aliphatic rings. The topological polar surface area (TPSA) is 52.6 Å². The largest absolute Gasteiger partial charge is 0.392 e. The average molecular weight is 262 g/mol. The lowest BCUT2D eigenvalue weighted by Gasteiger charge is -2.21. The van der Waals surface area contributed by atoms with E-state index in [1.807, 2.05) is 36.1 Å². The molecule has 0 bridgehead atoms. The number of amides is 1. The van der Waals surface area contributed by atoms with Crippen LogP contribution >= 0.6 is 0 Å². The van der Waals surface area contributed by atoms with Crippen molar-refractivity contribution in [1.82, 2.24) is 10.2 Å². The molecule has 0 aromatic heterocycles. The molecule has 0 aliphatic carbocycles. The maximum absolute atomic E-state index is 12.1. The Morgan fingerprint density at radius 1 is 1.37 bits per heavy atom. The molecule has 1 atom stereocenters. The van der Waals surface area contributed by atoms with Crippen LogP contribution in [0.5, 0.6) is 0 Å². The third-order valence-corrected chi connectivity index (χ3v) is 3.57. The van der Waals surface area contributed by atoms with Crippen LogP contribution in [-0.4, -0.2) is 35.0 Å². The Balaban J connectivity index is 1.85. The number of rotatable bonds is 5. The Labute approximate surface area is 114 Å². The zero-order valence-electron chi connectivity index (χ0n) is 11.4. The first-order valence-electron chi connectivity index (χ1n) is 6.91. The minimum absolute atomic E-state index is 0.0517. The van der Waals surface area contributed by atoms with Gasteiger partial charge in [-0.05, 0) is 30.9 Å². The predicted octanol–water partition coefficient (Wildman–Crippen LogP) is 1.28. The molecule has 1 aromatic carbocycles. The van der Waals surface area contributed by atoms with Crippen LogP contribution in [0.1, 0.15) is 30.9 Å². The highest BCUT2D eigenvalue weighted by Crippen LogP contribution is 2.10. The molecule has 1 fully saturated rings. The van der Waals surface area contributed by atoms with E-state index in [1.54, 1.807) is 0 Å². The van der Waals surface area contributed by atoms with E-state index in [9.17, 15) is 4.79 Å². The standard InChI is InChI=1S/C15H22N2O2/c1-12(15(19)17-7-2-3-8-17)16-10-13-5-4-6-14(9-13)11-18/h4-6,9,12,16,18H,2-3,7-8,10-11H2,1H3. The monoisotopic (exact) mass is 262 g/mol. The van der Waals surface area contributed by atoms with Crippen molar-refractivity contribution in [2.24, 2.45) is 0 Å². The quantitative estimate of drug-likeness (QED) is 0.840. The molecule has 0 saturated carbocycles. The molecule has 1 amide bonds. The summed E-state index contributed by atoms with van der Waals surface area (Å²) in [4.78, 5) is 14.0. The van der Waals surface area contributed by atoms with Crippen molar-refractivity contribution in [3.8, 4) is 0 Å². The Morgan fingerprint density at radius 3 is 2.74 bits per heavy atom. The van der Waals surface area contributed by atoms with E-state index < -0.39 is 0 Å². The lowest BCUT2D eigenvalue weighted by atomic mass is 10.1. The highest BCUT2D eigenvalue weighted by molar-refractivity contribution is 5.81. The fourth-order valence-electron chi connectivity index (χ4n) is 2.41. The SMILES string of the molecule is CC(NCc1cccc(CO)c1)C(=O)N1CCCC1. The highest BCUT2D eigenvalue weighted by atomic mass is 16.3. The Hall–Kier alpha value is -1.39. The molecule has 2 N–H and O–H groups in total. The van der Waals surface area contributed by atoms with Gasteiger partial charge in [0, 0.05) is 19.6 Å². The van der Waals surface area contributed by atoms with Crippen LogP contribution in [0.2, 0.25) is 0 Å². The number of likely N-dealkylation sites (tertiary alicyclic amines) is 1. The second-order valence-electron chi connectivity index (χ2n) is 5.11. The summed E-state index contributed by atoms with van der Waals surface area (Å²) in [6.45, 7) is 4.40. The van der Waals surface area contributed by atoms with E-state index >= 15 is 0 Å². The maximum Gasteiger partial charge on any atom is 0.239 e. The van der Waals surface area contributed by atoms with E-state index in [4.69, 9.17) is 5.11 Å². The van der Waals surface area contributed by atoms with Gasteiger partial charge in [-0.25, -0.2) is 0 Å². The van der Waals surface area contributed by atoms with E-state index in [1.165, 1.54) is 0 Å². The molecular formula is C15H22N2O2. The van der Waals surface area contributed by atoms with Crippen LogP contribution in [0, 0.1) is 0 Å². The van der Waals surface area contributed by atoms with Crippen LogP contribution in [0.3, 0.4) is 0 Å². The van der Waals surface area contributed by atoms with Gasteiger partial charge in [0.2, 0.25) is 5.91 Å². The molecule has 4 heteroatoms. The average Bonchev–Trinajstić information content (AvgIpc) is 2.98. The molecule has 1 saturated heterocycles. The van der Waals surface area contributed by atoms with Crippen molar-refractivity contribution in [3.05, 3.63) is 35.4 Å². The number of hydrogen-bond acceptors (Lipinski definition) is 3. The Morgan fingerprint density at radius 2 is 2.05 bits per heavy atom. The second kappa shape index (κ2) is 6.68. The van der Waals surface area contributed by atoms with Gasteiger partial charge in [-0.2, -0.15) is 0 Å².